The number of carbonyl (C=O) groups excluding carboxylic acids is 1. The quantitative estimate of drug-likeness (QED) is 0.0829. The summed E-state index contributed by atoms with van der Waals surface area (Å²) in [5, 5.41) is 1.90. The summed E-state index contributed by atoms with van der Waals surface area (Å²) in [6, 6.07) is 0. The van der Waals surface area contributed by atoms with Crippen LogP contribution in [0.1, 0.15) is 71.9 Å². The van der Waals surface area contributed by atoms with Gasteiger partial charge in [0.25, 0.3) is 11.8 Å². The average Bonchev–Trinajstić information content (AvgIpc) is 3.11. The van der Waals surface area contributed by atoms with Gasteiger partial charge in [0.2, 0.25) is 25.7 Å². The number of allylic oxidation sites excluding steroid dienone is 1. The van der Waals surface area contributed by atoms with Crippen molar-refractivity contribution >= 4 is 48.4 Å². The molecule has 1 fully saturated rings. The third kappa shape index (κ3) is 21.0. The molecule has 0 unspecified atom stereocenters. The molecule has 1 aliphatic rings. The smallest absolute Gasteiger partial charge is 0.366 e. The van der Waals surface area contributed by atoms with E-state index in [1.165, 1.54) is 23.4 Å². The molecule has 32 heteroatoms. The summed E-state index contributed by atoms with van der Waals surface area (Å²) in [5.41, 5.74) is -7.49. The van der Waals surface area contributed by atoms with Gasteiger partial charge in [-0.15, -0.1) is 4.13 Å². The number of halogens is 18. The highest BCUT2D eigenvalue weighted by molar-refractivity contribution is 8.04. The number of sulfonamides is 2. The van der Waals surface area contributed by atoms with Crippen LogP contribution in [0.5, 0.6) is 0 Å². The Labute approximate surface area is 383 Å². The third-order valence-electron chi connectivity index (χ3n) is 7.59. The Balaban J connectivity index is -0.000000244. The molecule has 1 aromatic rings. The standard InChI is InChI=1S/C9H6F4.C7H4F10O3S.C7H16.C4H12B.C4H6F2.C3H4F2O2.C2H7NO4S2/c1-3-5-8(12)6(10)4(2)7(11)9(5)13;1-2(8)3(9,10)5(13,14)7(17,21(18,19)20)6(15,16)4(2,11)12;1-4-7(5-2)6-3;1-5(2,3)4;1-3-4(2,5)6;1-3(4,5)2(6)7;1-8(4,5)3-9(2,6)7/h3H,1H2,2H3;1H3,(H,18,19,20);7H,4-6H2,1-3H3;1-4H3;3H,1H2,2H3;1H3,(H,6,7);3H,1-2H3/q;;;-1;;;/p-2. The van der Waals surface area contributed by atoms with Crippen molar-refractivity contribution < 1.29 is 119 Å². The fourth-order valence-electron chi connectivity index (χ4n) is 3.78. The molecule has 1 aromatic carbocycles. The van der Waals surface area contributed by atoms with E-state index in [9.17, 15) is 109 Å². The molecule has 0 bridgehead atoms. The van der Waals surface area contributed by atoms with Gasteiger partial charge >= 0.3 is 28.7 Å². The molecule has 0 spiro atoms. The molecule has 0 radical (unpaired) electrons. The second-order valence-electron chi connectivity index (χ2n) is 16.4. The number of hydrogen-bond donors (Lipinski definition) is 1. The molecule has 0 saturated heterocycles. The zero-order valence-corrected chi connectivity index (χ0v) is 41.0. The van der Waals surface area contributed by atoms with Gasteiger partial charge in [-0.25, -0.2) is 69.2 Å². The highest BCUT2D eigenvalue weighted by atomic mass is 32.3. The largest absolute Gasteiger partial charge is 0.745 e. The van der Waals surface area contributed by atoms with E-state index < -0.39 is 124 Å². The number of nitrogens with one attached hydrogen (secondary N) is 1. The number of hydrogen-bond acceptors (Lipinski definition) is 9. The normalized spacial score (nSPS) is 20.4. The van der Waals surface area contributed by atoms with Gasteiger partial charge in [0.15, 0.2) is 23.3 Å². The number of carbonyl (C=O) groups is 1. The van der Waals surface area contributed by atoms with E-state index in [2.05, 4.69) is 61.2 Å². The highest BCUT2D eigenvalue weighted by Gasteiger charge is 3.00. The fraction of sp³-hybridized carbons (Fsp3) is 0.694. The molecular formula is C36H53BF18NO9S3-3. The molecule has 1 N–H and O–H groups in total. The molecule has 0 aliphatic heterocycles. The Kier molecular flexibility index (Phi) is 27.9. The van der Waals surface area contributed by atoms with Crippen molar-refractivity contribution in [2.24, 2.45) is 5.92 Å². The maximum Gasteiger partial charge on any atom is 0.366 e. The molecule has 0 atom stereocenters. The molecular weight excluding hydrogens is 1040 g/mol. The second kappa shape index (κ2) is 25.7. The molecule has 1 aliphatic carbocycles. The van der Waals surface area contributed by atoms with Gasteiger partial charge in [0.1, 0.15) is 16.1 Å². The van der Waals surface area contributed by atoms with Gasteiger partial charge in [-0.3, -0.25) is 0 Å². The minimum absolute atomic E-state index is 0. The molecule has 1 saturated carbocycles. The van der Waals surface area contributed by atoms with Gasteiger partial charge in [-0.1, -0.05) is 59.3 Å². The summed E-state index contributed by atoms with van der Waals surface area (Å²) in [6.07, 6.45) is 6.94. The average molecular weight is 1090 g/mol. The SMILES string of the molecule is C=CC(C)(F)F.C=Cc1c(F)c(F)c(C)c(F)c1F.CC(F)(F)C(=O)[O-].CC1(F)C(F)(F)C(F)(F)C(F)(S(=O)(=O)[O-])C(F)(F)C1(F)F.CCC(CC)CC.CS(=O)(=O)NS(C)(=O)=O.C[B-](C)(C)C. The number of alkyl halides is 14. The first kappa shape index (κ1) is 73.7. The van der Waals surface area contributed by atoms with Crippen LogP contribution in [0.4, 0.5) is 79.0 Å². The van der Waals surface area contributed by atoms with Crippen molar-refractivity contribution in [3.8, 4) is 0 Å². The van der Waals surface area contributed by atoms with Crippen LogP contribution in [0.15, 0.2) is 19.2 Å². The van der Waals surface area contributed by atoms with Crippen LogP contribution in [0.3, 0.4) is 0 Å². The lowest BCUT2D eigenvalue weighted by Gasteiger charge is -2.54. The first-order chi connectivity index (χ1) is 29.3. The van der Waals surface area contributed by atoms with Crippen molar-refractivity contribution in [2.45, 2.75) is 141 Å². The Morgan fingerprint density at radius 2 is 0.912 bits per heavy atom. The van der Waals surface area contributed by atoms with E-state index in [-0.39, 0.29) is 13.1 Å². The zero-order valence-electron chi connectivity index (χ0n) is 38.5. The van der Waals surface area contributed by atoms with Crippen LogP contribution in [0, 0.1) is 36.1 Å². The van der Waals surface area contributed by atoms with Gasteiger partial charge in [0, 0.05) is 19.4 Å². The van der Waals surface area contributed by atoms with E-state index in [0.29, 0.717) is 6.08 Å². The summed E-state index contributed by atoms with van der Waals surface area (Å²) in [7, 11) is -15.0. The molecule has 0 amide bonds. The third-order valence-corrected chi connectivity index (χ3v) is 11.2. The topological polar surface area (TPSA) is 178 Å². The first-order valence-corrected chi connectivity index (χ1v) is 23.9. The highest BCUT2D eigenvalue weighted by Crippen LogP contribution is 2.69. The summed E-state index contributed by atoms with van der Waals surface area (Å²) in [5.74, 6) is -41.7. The minimum Gasteiger partial charge on any atom is -0.745 e. The minimum atomic E-state index is -7.78. The van der Waals surface area contributed by atoms with Crippen LogP contribution in [-0.2, 0) is 35.0 Å². The van der Waals surface area contributed by atoms with Gasteiger partial charge in [-0.2, -0.15) is 62.4 Å². The predicted molar refractivity (Wildman–Crippen MR) is 217 cm³/mol. The second-order valence-corrected chi connectivity index (χ2v) is 21.6. The van der Waals surface area contributed by atoms with E-state index in [1.54, 1.807) is 0 Å². The van der Waals surface area contributed by atoms with E-state index in [4.69, 9.17) is 9.90 Å². The van der Waals surface area contributed by atoms with Crippen molar-refractivity contribution in [3.63, 3.8) is 0 Å². The zero-order chi connectivity index (χ0) is 56.9. The molecule has 10 nitrogen and oxygen atoms in total. The van der Waals surface area contributed by atoms with Crippen LogP contribution < -0.4 is 9.23 Å². The van der Waals surface area contributed by atoms with Crippen molar-refractivity contribution in [1.82, 2.24) is 4.13 Å². The first-order valence-electron chi connectivity index (χ1n) is 18.7. The maximum absolute atomic E-state index is 13.4. The summed E-state index contributed by atoms with van der Waals surface area (Å²) in [4.78, 5) is 9.16. The molecule has 0 heterocycles. The van der Waals surface area contributed by atoms with E-state index >= 15 is 0 Å². The van der Waals surface area contributed by atoms with Crippen LogP contribution in [0.25, 0.3) is 6.08 Å². The van der Waals surface area contributed by atoms with Crippen molar-refractivity contribution in [1.29, 1.82) is 0 Å². The Morgan fingerprint density at radius 3 is 1.03 bits per heavy atom. The lowest BCUT2D eigenvalue weighted by molar-refractivity contribution is -0.439. The Hall–Kier alpha value is -3.26. The number of aliphatic carboxylic acids is 1. The Morgan fingerprint density at radius 1 is 0.676 bits per heavy atom. The molecule has 0 aromatic heterocycles. The number of carboxylic acids is 1. The van der Waals surface area contributed by atoms with Gasteiger partial charge in [-0.05, 0) is 32.0 Å². The van der Waals surface area contributed by atoms with Gasteiger partial charge < -0.3 is 14.5 Å². The van der Waals surface area contributed by atoms with Crippen LogP contribution in [0.2, 0.25) is 27.3 Å². The monoisotopic (exact) mass is 1090 g/mol. The van der Waals surface area contributed by atoms with E-state index in [0.717, 1.165) is 38.4 Å². The fourth-order valence-corrected chi connectivity index (χ4v) is 6.86. The lowest BCUT2D eigenvalue weighted by atomic mass is 9.32. The molecule has 406 valence electrons. The number of carboxylic acid groups (broad SMARTS) is 1. The van der Waals surface area contributed by atoms with Crippen LogP contribution >= 0.6 is 0 Å². The molecule has 2 rings (SSSR count). The maximum atomic E-state index is 13.4. The van der Waals surface area contributed by atoms with Crippen molar-refractivity contribution in [2.75, 3.05) is 12.5 Å². The van der Waals surface area contributed by atoms with Crippen molar-refractivity contribution in [3.05, 3.63) is 53.6 Å². The summed E-state index contributed by atoms with van der Waals surface area (Å²) >= 11 is 0. The van der Waals surface area contributed by atoms with Crippen LogP contribution in [-0.4, -0.2) is 101 Å². The molecule has 68 heavy (non-hydrogen) atoms. The van der Waals surface area contributed by atoms with Gasteiger partial charge in [0.05, 0.1) is 18.1 Å². The van der Waals surface area contributed by atoms with E-state index in [1.807, 2.05) is 0 Å². The lowest BCUT2D eigenvalue weighted by Crippen LogP contribution is -2.85. The number of benzene rings is 1. The summed E-state index contributed by atoms with van der Waals surface area (Å²) in [6.45, 7) is 22.6. The predicted octanol–water partition coefficient (Wildman–Crippen LogP) is 10.2. The summed E-state index contributed by atoms with van der Waals surface area (Å²) < 4.78 is 300. The number of rotatable bonds is 9. The Bertz CT molecular complexity index is 2050.